The van der Waals surface area contributed by atoms with Gasteiger partial charge in [-0.3, -0.25) is 0 Å². The molecule has 1 nitrogen and oxygen atoms in total. The highest BCUT2D eigenvalue weighted by Crippen LogP contribution is 2.03. The van der Waals surface area contributed by atoms with Gasteiger partial charge in [-0.25, -0.2) is 0 Å². The van der Waals surface area contributed by atoms with Crippen LogP contribution in [0.15, 0.2) is 30.3 Å². The number of hydrogen-bond donors (Lipinski definition) is 0. The first-order valence-electron chi connectivity index (χ1n) is 6.46. The lowest BCUT2D eigenvalue weighted by Gasteiger charge is -1.99. The Hall–Kier alpha value is -0.820. The molecule has 16 heavy (non-hydrogen) atoms. The Kier molecular flexibility index (Phi) is 18.2. The number of aryl methyl sites for hydroxylation is 1. The number of rotatable bonds is 5. The maximum atomic E-state index is 4.98. The Morgan fingerprint density at radius 2 is 1.44 bits per heavy atom. The normalized spacial score (nSPS) is 8.31. The molecule has 1 heteroatoms. The highest BCUT2D eigenvalue weighted by Gasteiger charge is 1.90. The highest BCUT2D eigenvalue weighted by atomic mass is 16.5. The predicted molar refractivity (Wildman–Crippen MR) is 74.0 cm³/mol. The summed E-state index contributed by atoms with van der Waals surface area (Å²) < 4.78 is 4.98. The van der Waals surface area contributed by atoms with Crippen molar-refractivity contribution in [3.63, 3.8) is 0 Å². The third-order valence-corrected chi connectivity index (χ3v) is 1.91. The van der Waals surface area contributed by atoms with Crippen LogP contribution in [0.4, 0.5) is 0 Å². The van der Waals surface area contributed by atoms with Gasteiger partial charge in [0.1, 0.15) is 0 Å². The zero-order valence-corrected chi connectivity index (χ0v) is 11.6. The average Bonchev–Trinajstić information content (AvgIpc) is 2.41. The van der Waals surface area contributed by atoms with Gasteiger partial charge < -0.3 is 4.74 Å². The summed E-state index contributed by atoms with van der Waals surface area (Å²) in [5, 5.41) is 0. The molecule has 0 aliphatic carbocycles. The van der Waals surface area contributed by atoms with Crippen molar-refractivity contribution in [2.75, 3.05) is 13.7 Å². The van der Waals surface area contributed by atoms with Crippen LogP contribution in [0, 0.1) is 0 Å². The van der Waals surface area contributed by atoms with Gasteiger partial charge in [0.05, 0.1) is 0 Å². The number of hydrogen-bond acceptors (Lipinski definition) is 1. The fourth-order valence-corrected chi connectivity index (χ4v) is 1.22. The molecule has 0 aliphatic heterocycles. The molecule has 0 spiro atoms. The Balaban J connectivity index is 0. The van der Waals surface area contributed by atoms with Crippen LogP contribution in [0.1, 0.15) is 46.1 Å². The lowest BCUT2D eigenvalue weighted by molar-refractivity contribution is 0.193. The third kappa shape index (κ3) is 11.3. The first kappa shape index (κ1) is 17.6. The molecule has 0 radical (unpaired) electrons. The SMILES string of the molecule is CC.CC.COCCCCc1ccccc1. The van der Waals surface area contributed by atoms with Crippen molar-refractivity contribution in [1.29, 1.82) is 0 Å². The summed E-state index contributed by atoms with van der Waals surface area (Å²) in [6, 6.07) is 10.6. The molecule has 1 aromatic carbocycles. The summed E-state index contributed by atoms with van der Waals surface area (Å²) in [6.45, 7) is 8.88. The van der Waals surface area contributed by atoms with Crippen LogP contribution >= 0.6 is 0 Å². The summed E-state index contributed by atoms with van der Waals surface area (Å²) in [7, 11) is 1.75. The van der Waals surface area contributed by atoms with Crippen LogP contribution in [0.2, 0.25) is 0 Å². The Morgan fingerprint density at radius 1 is 0.875 bits per heavy atom. The quantitative estimate of drug-likeness (QED) is 0.658. The first-order chi connectivity index (χ1) is 7.93. The molecule has 0 heterocycles. The first-order valence-corrected chi connectivity index (χ1v) is 6.46. The maximum Gasteiger partial charge on any atom is 0.0462 e. The van der Waals surface area contributed by atoms with Gasteiger partial charge in [-0.2, -0.15) is 0 Å². The third-order valence-electron chi connectivity index (χ3n) is 1.91. The Morgan fingerprint density at radius 3 is 1.94 bits per heavy atom. The summed E-state index contributed by atoms with van der Waals surface area (Å²) in [5.74, 6) is 0. The topological polar surface area (TPSA) is 9.23 Å². The fourth-order valence-electron chi connectivity index (χ4n) is 1.22. The maximum absolute atomic E-state index is 4.98. The predicted octanol–water partition coefficient (Wildman–Crippen LogP) is 4.71. The van der Waals surface area contributed by atoms with Gasteiger partial charge in [0.25, 0.3) is 0 Å². The van der Waals surface area contributed by atoms with Crippen molar-refractivity contribution in [2.45, 2.75) is 47.0 Å². The van der Waals surface area contributed by atoms with Crippen LogP contribution in [0.5, 0.6) is 0 Å². The zero-order chi connectivity index (χ0) is 12.6. The van der Waals surface area contributed by atoms with Crippen molar-refractivity contribution >= 4 is 0 Å². The van der Waals surface area contributed by atoms with Gasteiger partial charge in [-0.05, 0) is 24.8 Å². The minimum atomic E-state index is 0.882. The molecular formula is C15H28O. The molecule has 0 bridgehead atoms. The zero-order valence-electron chi connectivity index (χ0n) is 11.6. The van der Waals surface area contributed by atoms with E-state index in [4.69, 9.17) is 4.74 Å². The van der Waals surface area contributed by atoms with Crippen molar-refractivity contribution in [3.8, 4) is 0 Å². The van der Waals surface area contributed by atoms with Gasteiger partial charge in [0.15, 0.2) is 0 Å². The highest BCUT2D eigenvalue weighted by molar-refractivity contribution is 5.14. The van der Waals surface area contributed by atoms with Crippen LogP contribution in [-0.2, 0) is 11.2 Å². The van der Waals surface area contributed by atoms with E-state index in [-0.39, 0.29) is 0 Å². The molecule has 0 aliphatic rings. The number of benzene rings is 1. The van der Waals surface area contributed by atoms with Crippen molar-refractivity contribution in [3.05, 3.63) is 35.9 Å². The molecule has 0 N–H and O–H groups in total. The van der Waals surface area contributed by atoms with Gasteiger partial charge >= 0.3 is 0 Å². The van der Waals surface area contributed by atoms with Crippen LogP contribution in [0.3, 0.4) is 0 Å². The van der Waals surface area contributed by atoms with E-state index in [0.717, 1.165) is 13.0 Å². The molecule has 0 saturated heterocycles. The van der Waals surface area contributed by atoms with Gasteiger partial charge in [-0.1, -0.05) is 58.0 Å². The average molecular weight is 224 g/mol. The molecule has 1 rings (SSSR count). The summed E-state index contributed by atoms with van der Waals surface area (Å²) in [6.07, 6.45) is 3.55. The minimum absolute atomic E-state index is 0.882. The van der Waals surface area contributed by atoms with Gasteiger partial charge in [0.2, 0.25) is 0 Å². The Bertz CT molecular complexity index is 194. The van der Waals surface area contributed by atoms with E-state index >= 15 is 0 Å². The summed E-state index contributed by atoms with van der Waals surface area (Å²) in [4.78, 5) is 0. The van der Waals surface area contributed by atoms with Gasteiger partial charge in [-0.15, -0.1) is 0 Å². The standard InChI is InChI=1S/C11H16O.2C2H6/c1-12-10-6-5-9-11-7-3-2-4-8-11;2*1-2/h2-4,7-8H,5-6,9-10H2,1H3;2*1-2H3. The lowest BCUT2D eigenvalue weighted by atomic mass is 10.1. The van der Waals surface area contributed by atoms with Crippen LogP contribution in [0.25, 0.3) is 0 Å². The van der Waals surface area contributed by atoms with E-state index in [1.54, 1.807) is 7.11 Å². The van der Waals surface area contributed by atoms with E-state index in [1.165, 1.54) is 18.4 Å². The fraction of sp³-hybridized carbons (Fsp3) is 0.600. The summed E-state index contributed by atoms with van der Waals surface area (Å²) in [5.41, 5.74) is 1.42. The van der Waals surface area contributed by atoms with Crippen molar-refractivity contribution in [1.82, 2.24) is 0 Å². The van der Waals surface area contributed by atoms with Crippen LogP contribution in [-0.4, -0.2) is 13.7 Å². The van der Waals surface area contributed by atoms with E-state index in [0.29, 0.717) is 0 Å². The van der Waals surface area contributed by atoms with Gasteiger partial charge in [0, 0.05) is 13.7 Å². The number of unbranched alkanes of at least 4 members (excludes halogenated alkanes) is 1. The smallest absolute Gasteiger partial charge is 0.0462 e. The largest absolute Gasteiger partial charge is 0.385 e. The van der Waals surface area contributed by atoms with E-state index in [9.17, 15) is 0 Å². The molecule has 94 valence electrons. The minimum Gasteiger partial charge on any atom is -0.385 e. The summed E-state index contributed by atoms with van der Waals surface area (Å²) >= 11 is 0. The monoisotopic (exact) mass is 224 g/mol. The molecule has 0 atom stereocenters. The molecule has 0 aromatic heterocycles. The second kappa shape index (κ2) is 16.6. The molecule has 0 unspecified atom stereocenters. The van der Waals surface area contributed by atoms with Crippen molar-refractivity contribution in [2.24, 2.45) is 0 Å². The lowest BCUT2D eigenvalue weighted by Crippen LogP contribution is -1.90. The second-order valence-electron chi connectivity index (χ2n) is 2.94. The van der Waals surface area contributed by atoms with E-state index < -0.39 is 0 Å². The second-order valence-corrected chi connectivity index (χ2v) is 2.94. The molecule has 0 saturated carbocycles. The molecule has 0 fully saturated rings. The number of ether oxygens (including phenoxy) is 1. The Labute approximate surface area is 102 Å². The van der Waals surface area contributed by atoms with E-state index in [1.807, 2.05) is 27.7 Å². The molecule has 1 aromatic rings. The van der Waals surface area contributed by atoms with Crippen LogP contribution < -0.4 is 0 Å². The van der Waals surface area contributed by atoms with E-state index in [2.05, 4.69) is 30.3 Å². The number of methoxy groups -OCH3 is 1. The molecular weight excluding hydrogens is 196 g/mol. The van der Waals surface area contributed by atoms with Crippen molar-refractivity contribution < 1.29 is 4.74 Å². The molecule has 0 amide bonds.